The van der Waals surface area contributed by atoms with Crippen LogP contribution >= 0.6 is 11.3 Å². The van der Waals surface area contributed by atoms with Crippen molar-refractivity contribution in [1.29, 1.82) is 0 Å². The van der Waals surface area contributed by atoms with Crippen molar-refractivity contribution in [3.63, 3.8) is 0 Å². The van der Waals surface area contributed by atoms with Gasteiger partial charge in [-0.25, -0.2) is 9.69 Å². The molecule has 0 radical (unpaired) electrons. The number of urea groups is 1. The Hall–Kier alpha value is -1.96. The second kappa shape index (κ2) is 3.31. The van der Waals surface area contributed by atoms with Crippen molar-refractivity contribution in [2.75, 3.05) is 0 Å². The molecular weight excluding hydrogens is 222 g/mol. The van der Waals surface area contributed by atoms with E-state index in [1.54, 1.807) is 0 Å². The largest absolute Gasteiger partial charge is 0.331 e. The number of H-pyrrole nitrogens is 1. The van der Waals surface area contributed by atoms with Gasteiger partial charge in [0.2, 0.25) is 0 Å². The molecule has 2 N–H and O–H groups in total. The van der Waals surface area contributed by atoms with Gasteiger partial charge in [-0.15, -0.1) is 0 Å². The van der Waals surface area contributed by atoms with E-state index in [1.807, 2.05) is 5.32 Å². The lowest BCUT2D eigenvalue weighted by Crippen LogP contribution is -2.30. The van der Waals surface area contributed by atoms with Crippen LogP contribution in [0.3, 0.4) is 0 Å². The number of carbonyl (C=O) groups excluding carboxylic acids is 3. The zero-order chi connectivity index (χ0) is 11.0. The van der Waals surface area contributed by atoms with E-state index in [-0.39, 0.29) is 11.4 Å². The van der Waals surface area contributed by atoms with Crippen molar-refractivity contribution < 1.29 is 14.4 Å². The monoisotopic (exact) mass is 227 g/mol. The molecule has 7 nitrogen and oxygen atoms in total. The van der Waals surface area contributed by atoms with Crippen LogP contribution in [-0.2, 0) is 16.1 Å². The SMILES string of the molecule is O=C1NC(=O)N(Cc2csc(=O)[nH]2)C1=O. The second-order valence-electron chi connectivity index (χ2n) is 2.82. The molecule has 4 amide bonds. The minimum atomic E-state index is -0.947. The molecule has 1 saturated heterocycles. The van der Waals surface area contributed by atoms with E-state index in [2.05, 4.69) is 4.98 Å². The van der Waals surface area contributed by atoms with Crippen LogP contribution in [0.2, 0.25) is 0 Å². The fourth-order valence-electron chi connectivity index (χ4n) is 1.14. The summed E-state index contributed by atoms with van der Waals surface area (Å²) in [4.78, 5) is 46.7. The van der Waals surface area contributed by atoms with Crippen LogP contribution in [0.25, 0.3) is 0 Å². The number of aromatic amines is 1. The molecule has 0 saturated carbocycles. The first-order valence-corrected chi connectivity index (χ1v) is 4.79. The van der Waals surface area contributed by atoms with Gasteiger partial charge >= 0.3 is 22.7 Å². The van der Waals surface area contributed by atoms with Crippen molar-refractivity contribution in [3.8, 4) is 0 Å². The minimum Gasteiger partial charge on any atom is -0.315 e. The highest BCUT2D eigenvalue weighted by molar-refractivity contribution is 7.07. The number of hydrogen-bond acceptors (Lipinski definition) is 5. The molecule has 1 aliphatic heterocycles. The Morgan fingerprint density at radius 1 is 1.27 bits per heavy atom. The molecule has 0 aromatic carbocycles. The third-order valence-corrected chi connectivity index (χ3v) is 2.52. The number of nitrogens with one attached hydrogen (secondary N) is 2. The van der Waals surface area contributed by atoms with Gasteiger partial charge in [0, 0.05) is 11.1 Å². The average Bonchev–Trinajstić information content (AvgIpc) is 2.67. The zero-order valence-electron chi connectivity index (χ0n) is 7.27. The molecule has 0 spiro atoms. The Morgan fingerprint density at radius 3 is 2.47 bits per heavy atom. The van der Waals surface area contributed by atoms with E-state index in [0.29, 0.717) is 5.69 Å². The van der Waals surface area contributed by atoms with E-state index in [9.17, 15) is 19.2 Å². The summed E-state index contributed by atoms with van der Waals surface area (Å²) >= 11 is 0.925. The number of thiazole rings is 1. The predicted octanol–water partition coefficient (Wildman–Crippen LogP) is -0.985. The number of nitrogens with zero attached hydrogens (tertiary/aromatic N) is 1. The van der Waals surface area contributed by atoms with Gasteiger partial charge in [0.05, 0.1) is 6.54 Å². The van der Waals surface area contributed by atoms with Crippen molar-refractivity contribution in [2.45, 2.75) is 6.54 Å². The fourth-order valence-corrected chi connectivity index (χ4v) is 1.71. The molecule has 2 rings (SSSR count). The Labute approximate surface area is 86.7 Å². The molecule has 1 aliphatic rings. The Morgan fingerprint density at radius 2 is 2.00 bits per heavy atom. The maximum atomic E-state index is 11.1. The van der Waals surface area contributed by atoms with Gasteiger partial charge in [-0.2, -0.15) is 0 Å². The number of aromatic nitrogens is 1. The number of hydrogen-bond donors (Lipinski definition) is 2. The second-order valence-corrected chi connectivity index (χ2v) is 3.67. The molecule has 2 heterocycles. The molecule has 8 heteroatoms. The Bertz CT molecular complexity index is 502. The highest BCUT2D eigenvalue weighted by Gasteiger charge is 2.36. The molecule has 15 heavy (non-hydrogen) atoms. The average molecular weight is 227 g/mol. The topological polar surface area (TPSA) is 99.3 Å². The first-order chi connectivity index (χ1) is 7.08. The lowest BCUT2D eigenvalue weighted by Gasteiger charge is -2.08. The summed E-state index contributed by atoms with van der Waals surface area (Å²) in [7, 11) is 0. The van der Waals surface area contributed by atoms with Crippen molar-refractivity contribution in [1.82, 2.24) is 15.2 Å². The summed E-state index contributed by atoms with van der Waals surface area (Å²) in [5, 5.41) is 3.35. The molecule has 0 atom stereocenters. The normalized spacial score (nSPS) is 16.0. The van der Waals surface area contributed by atoms with E-state index >= 15 is 0 Å². The minimum absolute atomic E-state index is 0.102. The summed E-state index contributed by atoms with van der Waals surface area (Å²) < 4.78 is 0. The lowest BCUT2D eigenvalue weighted by molar-refractivity contribution is -0.140. The molecule has 78 valence electrons. The van der Waals surface area contributed by atoms with E-state index in [0.717, 1.165) is 16.2 Å². The highest BCUT2D eigenvalue weighted by atomic mass is 32.1. The summed E-state index contributed by atoms with van der Waals surface area (Å²) in [5.41, 5.74) is 0.420. The molecule has 0 unspecified atom stereocenters. The van der Waals surface area contributed by atoms with Crippen molar-refractivity contribution in [2.24, 2.45) is 0 Å². The molecule has 0 aliphatic carbocycles. The smallest absolute Gasteiger partial charge is 0.315 e. The van der Waals surface area contributed by atoms with Crippen LogP contribution in [0.1, 0.15) is 5.69 Å². The molecule has 1 aromatic rings. The van der Waals surface area contributed by atoms with Crippen LogP contribution in [-0.4, -0.2) is 27.7 Å². The first-order valence-electron chi connectivity index (χ1n) is 3.91. The number of imide groups is 2. The Kier molecular flexibility index (Phi) is 2.12. The van der Waals surface area contributed by atoms with Gasteiger partial charge < -0.3 is 4.98 Å². The summed E-state index contributed by atoms with van der Waals surface area (Å²) in [6, 6.07) is -0.767. The standard InChI is InChI=1S/C7H5N3O4S/c11-4-5(12)10(6(13)9-4)1-3-2-15-7(14)8-3/h2H,1H2,(H,8,14)(H,9,11,13). The predicted molar refractivity (Wildman–Crippen MR) is 49.0 cm³/mol. The van der Waals surface area contributed by atoms with E-state index < -0.39 is 17.8 Å². The molecule has 1 aromatic heterocycles. The number of rotatable bonds is 2. The lowest BCUT2D eigenvalue weighted by atomic mass is 10.4. The fraction of sp³-hybridized carbons (Fsp3) is 0.143. The van der Waals surface area contributed by atoms with Gasteiger partial charge in [-0.3, -0.25) is 19.7 Å². The third kappa shape index (κ3) is 1.66. The number of carbonyl (C=O) groups is 3. The summed E-state index contributed by atoms with van der Waals surface area (Å²) in [5.74, 6) is -1.86. The van der Waals surface area contributed by atoms with Crippen molar-refractivity contribution >= 4 is 29.2 Å². The number of amides is 4. The van der Waals surface area contributed by atoms with Gasteiger partial charge in [0.25, 0.3) is 0 Å². The van der Waals surface area contributed by atoms with Crippen LogP contribution in [0.5, 0.6) is 0 Å². The highest BCUT2D eigenvalue weighted by Crippen LogP contribution is 2.07. The van der Waals surface area contributed by atoms with Gasteiger partial charge in [0.1, 0.15) is 0 Å². The van der Waals surface area contributed by atoms with Crippen LogP contribution in [0.15, 0.2) is 10.2 Å². The summed E-state index contributed by atoms with van der Waals surface area (Å²) in [6.07, 6.45) is 0. The molecule has 0 bridgehead atoms. The van der Waals surface area contributed by atoms with Crippen molar-refractivity contribution in [3.05, 3.63) is 20.7 Å². The van der Waals surface area contributed by atoms with Crippen LogP contribution < -0.4 is 10.2 Å². The van der Waals surface area contributed by atoms with Gasteiger partial charge in [-0.05, 0) is 0 Å². The van der Waals surface area contributed by atoms with E-state index in [1.165, 1.54) is 5.38 Å². The zero-order valence-corrected chi connectivity index (χ0v) is 8.09. The third-order valence-electron chi connectivity index (χ3n) is 1.80. The molecule has 1 fully saturated rings. The maximum absolute atomic E-state index is 11.1. The quantitative estimate of drug-likeness (QED) is 0.500. The van der Waals surface area contributed by atoms with Crippen LogP contribution in [0.4, 0.5) is 4.79 Å². The summed E-state index contributed by atoms with van der Waals surface area (Å²) in [6.45, 7) is -0.102. The molecular formula is C7H5N3O4S. The first kappa shape index (κ1) is 9.59. The Balaban J connectivity index is 2.19. The van der Waals surface area contributed by atoms with E-state index in [4.69, 9.17) is 0 Å². The van der Waals surface area contributed by atoms with Gasteiger partial charge in [-0.1, -0.05) is 11.3 Å². The maximum Gasteiger partial charge on any atom is 0.331 e. The van der Waals surface area contributed by atoms with Gasteiger partial charge in [0.15, 0.2) is 0 Å². The van der Waals surface area contributed by atoms with Crippen LogP contribution in [0, 0.1) is 0 Å².